The maximum absolute atomic E-state index is 12.0. The fraction of sp³-hybridized carbons (Fsp3) is 0.500. The molecule has 1 fully saturated rings. The van der Waals surface area contributed by atoms with E-state index >= 15 is 0 Å². The van der Waals surface area contributed by atoms with Gasteiger partial charge in [0.15, 0.2) is 0 Å². The molecule has 6 nitrogen and oxygen atoms in total. The zero-order chi connectivity index (χ0) is 15.6. The number of hydrogen-bond acceptors (Lipinski definition) is 4. The van der Waals surface area contributed by atoms with Crippen LogP contribution in [0, 0.1) is 5.92 Å². The Kier molecular flexibility index (Phi) is 4.53. The summed E-state index contributed by atoms with van der Waals surface area (Å²) in [4.78, 5) is 11.4. The predicted molar refractivity (Wildman–Crippen MR) is 79.7 cm³/mol. The molecule has 2 N–H and O–H groups in total. The maximum Gasteiger partial charge on any atom is 0.308 e. The Hall–Kier alpha value is -1.60. The number of nitrogens with one attached hydrogen (secondary N) is 1. The Morgan fingerprint density at radius 3 is 2.38 bits per heavy atom. The van der Waals surface area contributed by atoms with Crippen molar-refractivity contribution in [1.29, 1.82) is 0 Å². The number of nitrogens with zero attached hydrogens (tertiary/aromatic N) is 1. The van der Waals surface area contributed by atoms with Crippen LogP contribution in [0.1, 0.15) is 19.3 Å². The van der Waals surface area contributed by atoms with Crippen LogP contribution in [0.25, 0.3) is 0 Å². The molecule has 0 bridgehead atoms. The number of rotatable bonds is 5. The van der Waals surface area contributed by atoms with E-state index in [9.17, 15) is 13.2 Å². The van der Waals surface area contributed by atoms with Crippen molar-refractivity contribution in [2.45, 2.75) is 30.2 Å². The molecule has 1 aromatic rings. The van der Waals surface area contributed by atoms with Gasteiger partial charge in [-0.05, 0) is 37.1 Å². The van der Waals surface area contributed by atoms with Crippen molar-refractivity contribution in [3.63, 3.8) is 0 Å². The van der Waals surface area contributed by atoms with E-state index in [1.165, 1.54) is 26.2 Å². The van der Waals surface area contributed by atoms with E-state index in [-0.39, 0.29) is 16.9 Å². The van der Waals surface area contributed by atoms with Crippen LogP contribution in [0.15, 0.2) is 29.2 Å². The lowest BCUT2D eigenvalue weighted by Crippen LogP contribution is -2.29. The highest BCUT2D eigenvalue weighted by atomic mass is 32.2. The summed E-state index contributed by atoms with van der Waals surface area (Å²) < 4.78 is 25.1. The first kappa shape index (κ1) is 15.8. The van der Waals surface area contributed by atoms with Crippen LogP contribution in [0.4, 0.5) is 5.69 Å². The molecular weight excluding hydrogens is 292 g/mol. The second-order valence-corrected chi connectivity index (χ2v) is 7.59. The molecular formula is C14H20N2O4S. The first-order valence-corrected chi connectivity index (χ1v) is 8.28. The van der Waals surface area contributed by atoms with Gasteiger partial charge in [-0.3, -0.25) is 4.79 Å². The molecule has 2 atom stereocenters. The first-order chi connectivity index (χ1) is 9.82. The van der Waals surface area contributed by atoms with Crippen molar-refractivity contribution in [3.05, 3.63) is 24.3 Å². The highest BCUT2D eigenvalue weighted by Crippen LogP contribution is 2.29. The lowest BCUT2D eigenvalue weighted by atomic mass is 10.0. The molecule has 0 heterocycles. The topological polar surface area (TPSA) is 86.7 Å². The fourth-order valence-electron chi connectivity index (χ4n) is 2.58. The Labute approximate surface area is 124 Å². The summed E-state index contributed by atoms with van der Waals surface area (Å²) in [6.45, 7) is 0. The molecule has 2 rings (SSSR count). The van der Waals surface area contributed by atoms with Gasteiger partial charge in [0.2, 0.25) is 10.0 Å². The second-order valence-electron chi connectivity index (χ2n) is 5.44. The van der Waals surface area contributed by atoms with E-state index in [2.05, 4.69) is 5.32 Å². The van der Waals surface area contributed by atoms with E-state index in [1.807, 2.05) is 0 Å². The Morgan fingerprint density at radius 2 is 1.86 bits per heavy atom. The summed E-state index contributed by atoms with van der Waals surface area (Å²) in [5.74, 6) is -1.16. The van der Waals surface area contributed by atoms with Crippen molar-refractivity contribution in [3.8, 4) is 0 Å². The van der Waals surface area contributed by atoms with Gasteiger partial charge in [-0.15, -0.1) is 0 Å². The van der Waals surface area contributed by atoms with Crippen molar-refractivity contribution in [2.24, 2.45) is 5.92 Å². The highest BCUT2D eigenvalue weighted by molar-refractivity contribution is 7.89. The molecule has 0 radical (unpaired) electrons. The van der Waals surface area contributed by atoms with Crippen LogP contribution in [0.3, 0.4) is 0 Å². The van der Waals surface area contributed by atoms with Crippen LogP contribution in [-0.2, 0) is 14.8 Å². The smallest absolute Gasteiger partial charge is 0.308 e. The van der Waals surface area contributed by atoms with Gasteiger partial charge in [-0.1, -0.05) is 6.42 Å². The zero-order valence-corrected chi connectivity index (χ0v) is 12.9. The minimum Gasteiger partial charge on any atom is -0.481 e. The van der Waals surface area contributed by atoms with Gasteiger partial charge in [0.05, 0.1) is 10.8 Å². The molecule has 0 aliphatic heterocycles. The van der Waals surface area contributed by atoms with Crippen LogP contribution in [-0.4, -0.2) is 43.9 Å². The zero-order valence-electron chi connectivity index (χ0n) is 12.1. The summed E-state index contributed by atoms with van der Waals surface area (Å²) in [6.07, 6.45) is 2.39. The molecule has 21 heavy (non-hydrogen) atoms. The van der Waals surface area contributed by atoms with Gasteiger partial charge in [0, 0.05) is 25.8 Å². The number of carboxylic acids is 1. The maximum atomic E-state index is 12.0. The van der Waals surface area contributed by atoms with E-state index in [4.69, 9.17) is 5.11 Å². The van der Waals surface area contributed by atoms with Crippen LogP contribution in [0.5, 0.6) is 0 Å². The SMILES string of the molecule is CN(C)S(=O)(=O)c1ccc(NC2CCCC2C(=O)O)cc1. The molecule has 1 aliphatic carbocycles. The van der Waals surface area contributed by atoms with Crippen molar-refractivity contribution in [1.82, 2.24) is 4.31 Å². The molecule has 1 saturated carbocycles. The Balaban J connectivity index is 2.12. The quantitative estimate of drug-likeness (QED) is 0.862. The third kappa shape index (κ3) is 3.36. The standard InChI is InChI=1S/C14H20N2O4S/c1-16(2)21(19,20)11-8-6-10(7-9-11)15-13-5-3-4-12(13)14(17)18/h6-9,12-13,15H,3-5H2,1-2H3,(H,17,18). The number of carbonyl (C=O) groups is 1. The van der Waals surface area contributed by atoms with Crippen molar-refractivity contribution in [2.75, 3.05) is 19.4 Å². The first-order valence-electron chi connectivity index (χ1n) is 6.84. The number of hydrogen-bond donors (Lipinski definition) is 2. The van der Waals surface area contributed by atoms with Crippen LogP contribution < -0.4 is 5.32 Å². The highest BCUT2D eigenvalue weighted by Gasteiger charge is 2.32. The molecule has 1 aromatic carbocycles. The Morgan fingerprint density at radius 1 is 1.24 bits per heavy atom. The molecule has 0 saturated heterocycles. The van der Waals surface area contributed by atoms with E-state index in [0.717, 1.165) is 22.8 Å². The lowest BCUT2D eigenvalue weighted by molar-refractivity contribution is -0.141. The number of anilines is 1. The number of sulfonamides is 1. The molecule has 2 unspecified atom stereocenters. The minimum absolute atomic E-state index is 0.0983. The van der Waals surface area contributed by atoms with Gasteiger partial charge in [-0.25, -0.2) is 12.7 Å². The van der Waals surface area contributed by atoms with E-state index in [1.54, 1.807) is 12.1 Å². The van der Waals surface area contributed by atoms with Crippen LogP contribution >= 0.6 is 0 Å². The van der Waals surface area contributed by atoms with Gasteiger partial charge in [-0.2, -0.15) is 0 Å². The third-order valence-corrected chi connectivity index (χ3v) is 5.65. The van der Waals surface area contributed by atoms with E-state index < -0.39 is 16.0 Å². The largest absolute Gasteiger partial charge is 0.481 e. The summed E-state index contributed by atoms with van der Waals surface area (Å²) in [5, 5.41) is 12.3. The third-order valence-electron chi connectivity index (χ3n) is 3.82. The summed E-state index contributed by atoms with van der Waals surface area (Å²) in [5.41, 5.74) is 0.742. The van der Waals surface area contributed by atoms with Crippen LogP contribution in [0.2, 0.25) is 0 Å². The van der Waals surface area contributed by atoms with E-state index in [0.29, 0.717) is 6.42 Å². The van der Waals surface area contributed by atoms with Gasteiger partial charge >= 0.3 is 5.97 Å². The summed E-state index contributed by atoms with van der Waals surface area (Å²) in [6, 6.07) is 6.31. The monoisotopic (exact) mass is 312 g/mol. The summed E-state index contributed by atoms with van der Waals surface area (Å²) in [7, 11) is -0.466. The molecule has 116 valence electrons. The van der Waals surface area contributed by atoms with Gasteiger partial charge in [0.25, 0.3) is 0 Å². The molecule has 0 aromatic heterocycles. The van der Waals surface area contributed by atoms with Crippen molar-refractivity contribution >= 4 is 21.7 Å². The number of carboxylic acid groups (broad SMARTS) is 1. The molecule has 7 heteroatoms. The lowest BCUT2D eigenvalue weighted by Gasteiger charge is -2.19. The van der Waals surface area contributed by atoms with Crippen molar-refractivity contribution < 1.29 is 18.3 Å². The Bertz CT molecular complexity index is 610. The molecule has 1 aliphatic rings. The molecule has 0 spiro atoms. The normalized spacial score (nSPS) is 22.4. The van der Waals surface area contributed by atoms with Gasteiger partial charge in [0.1, 0.15) is 0 Å². The number of benzene rings is 1. The fourth-order valence-corrected chi connectivity index (χ4v) is 3.48. The average molecular weight is 312 g/mol. The number of aliphatic carboxylic acids is 1. The summed E-state index contributed by atoms with van der Waals surface area (Å²) >= 11 is 0. The predicted octanol–water partition coefficient (Wildman–Crippen LogP) is 1.60. The molecule has 0 amide bonds. The second kappa shape index (κ2) is 6.03. The minimum atomic E-state index is -3.43. The van der Waals surface area contributed by atoms with Gasteiger partial charge < -0.3 is 10.4 Å². The average Bonchev–Trinajstić information content (AvgIpc) is 2.87.